The Morgan fingerprint density at radius 1 is 1.12 bits per heavy atom. The Balaban J connectivity index is 2.31. The first-order chi connectivity index (χ1) is 8.27. The van der Waals surface area contributed by atoms with Gasteiger partial charge in [0.05, 0.1) is 11.6 Å². The van der Waals surface area contributed by atoms with Crippen LogP contribution in [0, 0.1) is 11.3 Å². The second kappa shape index (κ2) is 7.70. The lowest BCUT2D eigenvalue weighted by molar-refractivity contribution is 0.282. The van der Waals surface area contributed by atoms with Crippen LogP contribution in [0.2, 0.25) is 0 Å². The van der Waals surface area contributed by atoms with Gasteiger partial charge in [0.2, 0.25) is 0 Å². The van der Waals surface area contributed by atoms with Gasteiger partial charge in [-0.05, 0) is 37.1 Å². The highest BCUT2D eigenvalue weighted by Crippen LogP contribution is 2.14. The van der Waals surface area contributed by atoms with Crippen LogP contribution in [0.4, 0.5) is 5.69 Å². The van der Waals surface area contributed by atoms with E-state index in [1.54, 1.807) is 0 Å². The lowest BCUT2D eigenvalue weighted by Crippen LogP contribution is -2.18. The molecule has 0 atom stereocenters. The van der Waals surface area contributed by atoms with Crippen LogP contribution < -0.4 is 4.90 Å². The quantitative estimate of drug-likeness (QED) is 0.735. The SMILES string of the molecule is CN(CCCCCCO)c1ccc(C#N)cc1. The fourth-order valence-corrected chi connectivity index (χ4v) is 1.73. The van der Waals surface area contributed by atoms with Crippen molar-refractivity contribution in [1.82, 2.24) is 0 Å². The lowest BCUT2D eigenvalue weighted by Gasteiger charge is -2.19. The highest BCUT2D eigenvalue weighted by atomic mass is 16.2. The predicted octanol–water partition coefficient (Wildman–Crippen LogP) is 2.55. The largest absolute Gasteiger partial charge is 0.396 e. The summed E-state index contributed by atoms with van der Waals surface area (Å²) in [6.07, 6.45) is 4.29. The molecule has 0 amide bonds. The van der Waals surface area contributed by atoms with Crippen LogP contribution in [0.5, 0.6) is 0 Å². The van der Waals surface area contributed by atoms with Gasteiger partial charge in [0.15, 0.2) is 0 Å². The number of nitrogens with zero attached hydrogens (tertiary/aromatic N) is 2. The Hall–Kier alpha value is -1.53. The third kappa shape index (κ3) is 4.88. The zero-order valence-electron chi connectivity index (χ0n) is 10.4. The van der Waals surface area contributed by atoms with Crippen LogP contribution in [-0.4, -0.2) is 25.3 Å². The first kappa shape index (κ1) is 13.5. The normalized spacial score (nSPS) is 9.94. The Morgan fingerprint density at radius 3 is 2.35 bits per heavy atom. The highest BCUT2D eigenvalue weighted by molar-refractivity contribution is 5.48. The Kier molecular flexibility index (Phi) is 6.13. The zero-order valence-corrected chi connectivity index (χ0v) is 10.4. The summed E-state index contributed by atoms with van der Waals surface area (Å²) in [5, 5.41) is 17.4. The summed E-state index contributed by atoms with van der Waals surface area (Å²) in [4.78, 5) is 2.19. The number of unbranched alkanes of at least 4 members (excludes halogenated alkanes) is 3. The van der Waals surface area contributed by atoms with Crippen LogP contribution in [0.1, 0.15) is 31.2 Å². The average Bonchev–Trinajstić information content (AvgIpc) is 2.38. The molecule has 0 unspecified atom stereocenters. The second-order valence-electron chi connectivity index (χ2n) is 4.22. The van der Waals surface area contributed by atoms with Gasteiger partial charge in [-0.2, -0.15) is 5.26 Å². The van der Waals surface area contributed by atoms with E-state index in [2.05, 4.69) is 18.0 Å². The molecule has 0 heterocycles. The molecule has 3 nitrogen and oxygen atoms in total. The molecule has 3 heteroatoms. The van der Waals surface area contributed by atoms with Crippen molar-refractivity contribution in [1.29, 1.82) is 5.26 Å². The molecule has 0 bridgehead atoms. The van der Waals surface area contributed by atoms with Crippen molar-refractivity contribution in [3.8, 4) is 6.07 Å². The summed E-state index contributed by atoms with van der Waals surface area (Å²) in [7, 11) is 2.06. The molecule has 17 heavy (non-hydrogen) atoms. The molecule has 0 aliphatic carbocycles. The Bertz CT molecular complexity index is 353. The molecule has 0 radical (unpaired) electrons. The Morgan fingerprint density at radius 2 is 1.76 bits per heavy atom. The van der Waals surface area contributed by atoms with E-state index in [4.69, 9.17) is 10.4 Å². The van der Waals surface area contributed by atoms with Crippen molar-refractivity contribution in [3.05, 3.63) is 29.8 Å². The number of nitriles is 1. The molecular weight excluding hydrogens is 212 g/mol. The van der Waals surface area contributed by atoms with Gasteiger partial charge >= 0.3 is 0 Å². The second-order valence-corrected chi connectivity index (χ2v) is 4.22. The molecule has 0 fully saturated rings. The molecule has 0 saturated carbocycles. The summed E-state index contributed by atoms with van der Waals surface area (Å²) >= 11 is 0. The number of anilines is 1. The van der Waals surface area contributed by atoms with Gasteiger partial charge in [0.25, 0.3) is 0 Å². The number of aliphatic hydroxyl groups excluding tert-OH is 1. The molecule has 92 valence electrons. The van der Waals surface area contributed by atoms with E-state index in [0.29, 0.717) is 12.2 Å². The monoisotopic (exact) mass is 232 g/mol. The topological polar surface area (TPSA) is 47.3 Å². The van der Waals surface area contributed by atoms with E-state index < -0.39 is 0 Å². The van der Waals surface area contributed by atoms with Gasteiger partial charge in [-0.1, -0.05) is 12.8 Å². The third-order valence-electron chi connectivity index (χ3n) is 2.84. The zero-order chi connectivity index (χ0) is 12.5. The van der Waals surface area contributed by atoms with E-state index in [1.807, 2.05) is 24.3 Å². The summed E-state index contributed by atoms with van der Waals surface area (Å²) in [6.45, 7) is 1.31. The predicted molar refractivity (Wildman–Crippen MR) is 70.0 cm³/mol. The van der Waals surface area contributed by atoms with Gasteiger partial charge in [-0.15, -0.1) is 0 Å². The maximum absolute atomic E-state index is 8.71. The summed E-state index contributed by atoms with van der Waals surface area (Å²) in [5.74, 6) is 0. The fraction of sp³-hybridized carbons (Fsp3) is 0.500. The molecule has 1 N–H and O–H groups in total. The number of rotatable bonds is 7. The van der Waals surface area contributed by atoms with E-state index >= 15 is 0 Å². The average molecular weight is 232 g/mol. The molecule has 0 saturated heterocycles. The standard InChI is InChI=1S/C14H20N2O/c1-16(10-4-2-3-5-11-17)14-8-6-13(12-15)7-9-14/h6-9,17H,2-5,10-11H2,1H3. The summed E-state index contributed by atoms with van der Waals surface area (Å²) in [6, 6.07) is 9.76. The van der Waals surface area contributed by atoms with Crippen molar-refractivity contribution in [2.24, 2.45) is 0 Å². The summed E-state index contributed by atoms with van der Waals surface area (Å²) < 4.78 is 0. The van der Waals surface area contributed by atoms with Gasteiger partial charge < -0.3 is 10.0 Å². The molecule has 1 rings (SSSR count). The van der Waals surface area contributed by atoms with Gasteiger partial charge in [-0.25, -0.2) is 0 Å². The van der Waals surface area contributed by atoms with Crippen molar-refractivity contribution in [3.63, 3.8) is 0 Å². The minimum absolute atomic E-state index is 0.297. The minimum Gasteiger partial charge on any atom is -0.396 e. The number of hydrogen-bond acceptors (Lipinski definition) is 3. The first-order valence-electron chi connectivity index (χ1n) is 6.10. The molecule has 0 aromatic heterocycles. The van der Waals surface area contributed by atoms with Crippen LogP contribution in [-0.2, 0) is 0 Å². The maximum Gasteiger partial charge on any atom is 0.0991 e. The van der Waals surface area contributed by atoms with Gasteiger partial charge in [0, 0.05) is 25.9 Å². The van der Waals surface area contributed by atoms with Gasteiger partial charge in [0.1, 0.15) is 0 Å². The van der Waals surface area contributed by atoms with Crippen LogP contribution >= 0.6 is 0 Å². The Labute approximate surface area is 103 Å². The first-order valence-corrected chi connectivity index (χ1v) is 6.10. The number of hydrogen-bond donors (Lipinski definition) is 1. The number of benzene rings is 1. The lowest BCUT2D eigenvalue weighted by atomic mass is 10.1. The molecule has 0 aliphatic rings. The fourth-order valence-electron chi connectivity index (χ4n) is 1.73. The highest BCUT2D eigenvalue weighted by Gasteiger charge is 2.00. The van der Waals surface area contributed by atoms with Crippen molar-refractivity contribution in [2.75, 3.05) is 25.1 Å². The van der Waals surface area contributed by atoms with Crippen LogP contribution in [0.15, 0.2) is 24.3 Å². The maximum atomic E-state index is 8.71. The van der Waals surface area contributed by atoms with E-state index in [0.717, 1.165) is 37.9 Å². The molecule has 1 aromatic rings. The molecule has 0 aliphatic heterocycles. The third-order valence-corrected chi connectivity index (χ3v) is 2.84. The van der Waals surface area contributed by atoms with E-state index in [9.17, 15) is 0 Å². The van der Waals surface area contributed by atoms with E-state index in [1.165, 1.54) is 0 Å². The summed E-state index contributed by atoms with van der Waals surface area (Å²) in [5.41, 5.74) is 1.84. The van der Waals surface area contributed by atoms with Gasteiger partial charge in [-0.3, -0.25) is 0 Å². The van der Waals surface area contributed by atoms with Crippen LogP contribution in [0.3, 0.4) is 0 Å². The number of aliphatic hydroxyl groups is 1. The minimum atomic E-state index is 0.297. The van der Waals surface area contributed by atoms with Crippen molar-refractivity contribution in [2.45, 2.75) is 25.7 Å². The molecular formula is C14H20N2O. The smallest absolute Gasteiger partial charge is 0.0991 e. The van der Waals surface area contributed by atoms with E-state index in [-0.39, 0.29) is 0 Å². The van der Waals surface area contributed by atoms with Crippen molar-refractivity contribution < 1.29 is 5.11 Å². The molecule has 0 spiro atoms. The van der Waals surface area contributed by atoms with Crippen LogP contribution in [0.25, 0.3) is 0 Å². The molecule has 1 aromatic carbocycles. The van der Waals surface area contributed by atoms with Crippen molar-refractivity contribution >= 4 is 5.69 Å².